The Morgan fingerprint density at radius 3 is 2.46 bits per heavy atom. The molecule has 0 radical (unpaired) electrons. The van der Waals surface area contributed by atoms with Crippen molar-refractivity contribution in [3.63, 3.8) is 0 Å². The normalized spacial score (nSPS) is 14.1. The van der Waals surface area contributed by atoms with Gasteiger partial charge in [-0.3, -0.25) is 9.59 Å². The third-order valence-corrected chi connectivity index (χ3v) is 5.70. The van der Waals surface area contributed by atoms with Crippen LogP contribution in [0, 0.1) is 6.92 Å². The Bertz CT molecular complexity index is 785. The van der Waals surface area contributed by atoms with Gasteiger partial charge in [0.25, 0.3) is 5.91 Å². The van der Waals surface area contributed by atoms with Crippen LogP contribution in [0.5, 0.6) is 0 Å². The Balaban J connectivity index is 1.65. The van der Waals surface area contributed by atoms with E-state index in [1.807, 2.05) is 48.2 Å². The number of para-hydroxylation sites is 1. The Labute approximate surface area is 159 Å². The predicted molar refractivity (Wildman–Crippen MR) is 107 cm³/mol. The zero-order valence-corrected chi connectivity index (χ0v) is 15.8. The Kier molecular flexibility index (Phi) is 6.34. The molecule has 0 atom stereocenters. The molecule has 136 valence electrons. The quantitative estimate of drug-likeness (QED) is 0.798. The second kappa shape index (κ2) is 8.90. The highest BCUT2D eigenvalue weighted by atomic mass is 32.2. The highest BCUT2D eigenvalue weighted by molar-refractivity contribution is 8.00. The first-order chi connectivity index (χ1) is 12.6. The molecule has 2 aromatic rings. The number of carbonyl (C=O) groups excluding carboxylic acids is 2. The van der Waals surface area contributed by atoms with Gasteiger partial charge in [0.05, 0.1) is 17.0 Å². The molecule has 1 N–H and O–H groups in total. The summed E-state index contributed by atoms with van der Waals surface area (Å²) >= 11 is 1.51. The van der Waals surface area contributed by atoms with Gasteiger partial charge in [0.1, 0.15) is 0 Å². The Hall–Kier alpha value is -2.27. The van der Waals surface area contributed by atoms with Crippen LogP contribution in [0.1, 0.15) is 35.2 Å². The van der Waals surface area contributed by atoms with Gasteiger partial charge in [-0.25, -0.2) is 0 Å². The van der Waals surface area contributed by atoms with Gasteiger partial charge in [0.2, 0.25) is 5.91 Å². The van der Waals surface area contributed by atoms with Gasteiger partial charge in [-0.1, -0.05) is 30.3 Å². The largest absolute Gasteiger partial charge is 0.339 e. The van der Waals surface area contributed by atoms with E-state index in [4.69, 9.17) is 0 Å². The standard InChI is InChI=1S/C21H24N2O2S/c1-16-9-3-6-12-19(16)26-15-20(24)22-18-11-5-4-10-17(18)21(25)23-13-7-2-8-14-23/h3-6,9-12H,2,7-8,13-15H2,1H3,(H,22,24). The lowest BCUT2D eigenvalue weighted by Gasteiger charge is -2.27. The summed E-state index contributed by atoms with van der Waals surface area (Å²) in [6.45, 7) is 3.63. The van der Waals surface area contributed by atoms with Crippen LogP contribution in [0.25, 0.3) is 0 Å². The molecule has 5 heteroatoms. The average Bonchev–Trinajstić information content (AvgIpc) is 2.68. The van der Waals surface area contributed by atoms with E-state index in [1.165, 1.54) is 18.2 Å². The number of amides is 2. The summed E-state index contributed by atoms with van der Waals surface area (Å²) in [5.41, 5.74) is 2.33. The van der Waals surface area contributed by atoms with Crippen molar-refractivity contribution in [1.29, 1.82) is 0 Å². The fraction of sp³-hybridized carbons (Fsp3) is 0.333. The van der Waals surface area contributed by atoms with Crippen LogP contribution < -0.4 is 5.32 Å². The van der Waals surface area contributed by atoms with Gasteiger partial charge < -0.3 is 10.2 Å². The number of benzene rings is 2. The van der Waals surface area contributed by atoms with Gasteiger partial charge in [0, 0.05) is 18.0 Å². The van der Waals surface area contributed by atoms with Crippen molar-refractivity contribution in [3.8, 4) is 0 Å². The zero-order chi connectivity index (χ0) is 18.4. The number of nitrogens with one attached hydrogen (secondary N) is 1. The molecule has 26 heavy (non-hydrogen) atoms. The number of likely N-dealkylation sites (tertiary alicyclic amines) is 1. The summed E-state index contributed by atoms with van der Waals surface area (Å²) in [5.74, 6) is 0.223. The molecule has 0 spiro atoms. The number of rotatable bonds is 5. The smallest absolute Gasteiger partial charge is 0.255 e. The molecule has 1 aliphatic rings. The SMILES string of the molecule is Cc1ccccc1SCC(=O)Nc1ccccc1C(=O)N1CCCCC1. The van der Waals surface area contributed by atoms with E-state index in [2.05, 4.69) is 5.32 Å². The molecule has 1 aliphatic heterocycles. The molecule has 3 rings (SSSR count). The van der Waals surface area contributed by atoms with Crippen molar-refractivity contribution < 1.29 is 9.59 Å². The number of anilines is 1. The van der Waals surface area contributed by atoms with E-state index >= 15 is 0 Å². The molecular formula is C21H24N2O2S. The molecule has 1 heterocycles. The van der Waals surface area contributed by atoms with Gasteiger partial charge in [0.15, 0.2) is 0 Å². The number of aryl methyl sites for hydroxylation is 1. The van der Waals surface area contributed by atoms with Crippen molar-refractivity contribution in [1.82, 2.24) is 4.90 Å². The van der Waals surface area contributed by atoms with Crippen LogP contribution in [0.4, 0.5) is 5.69 Å². The lowest BCUT2D eigenvalue weighted by atomic mass is 10.1. The fourth-order valence-electron chi connectivity index (χ4n) is 3.09. The van der Waals surface area contributed by atoms with Gasteiger partial charge in [-0.2, -0.15) is 0 Å². The molecule has 2 aromatic carbocycles. The molecule has 0 bridgehead atoms. The van der Waals surface area contributed by atoms with Crippen LogP contribution in [0.2, 0.25) is 0 Å². The summed E-state index contributed by atoms with van der Waals surface area (Å²) in [6.07, 6.45) is 3.28. The van der Waals surface area contributed by atoms with E-state index < -0.39 is 0 Å². The minimum Gasteiger partial charge on any atom is -0.339 e. The summed E-state index contributed by atoms with van der Waals surface area (Å²) in [5, 5.41) is 2.91. The number of nitrogens with zero attached hydrogens (tertiary/aromatic N) is 1. The predicted octanol–water partition coefficient (Wildman–Crippen LogP) is 4.35. The van der Waals surface area contributed by atoms with E-state index in [0.717, 1.165) is 36.4 Å². The number of hydrogen-bond acceptors (Lipinski definition) is 3. The van der Waals surface area contributed by atoms with Crippen LogP contribution >= 0.6 is 11.8 Å². The van der Waals surface area contributed by atoms with Gasteiger partial charge >= 0.3 is 0 Å². The number of carbonyl (C=O) groups is 2. The first-order valence-electron chi connectivity index (χ1n) is 9.02. The first kappa shape index (κ1) is 18.5. The Morgan fingerprint density at radius 2 is 1.69 bits per heavy atom. The third-order valence-electron chi connectivity index (χ3n) is 4.53. The summed E-state index contributed by atoms with van der Waals surface area (Å²) in [7, 11) is 0. The number of piperidine rings is 1. The minimum atomic E-state index is -0.0999. The molecule has 4 nitrogen and oxygen atoms in total. The molecule has 1 saturated heterocycles. The van der Waals surface area contributed by atoms with Crippen molar-refractivity contribution in [2.75, 3.05) is 24.2 Å². The molecule has 0 aliphatic carbocycles. The van der Waals surface area contributed by atoms with Crippen molar-refractivity contribution >= 4 is 29.3 Å². The average molecular weight is 369 g/mol. The van der Waals surface area contributed by atoms with E-state index in [-0.39, 0.29) is 11.8 Å². The van der Waals surface area contributed by atoms with Crippen LogP contribution in [-0.2, 0) is 4.79 Å². The van der Waals surface area contributed by atoms with Gasteiger partial charge in [-0.05, 0) is 49.9 Å². The third kappa shape index (κ3) is 4.67. The monoisotopic (exact) mass is 368 g/mol. The lowest BCUT2D eigenvalue weighted by molar-refractivity contribution is -0.113. The minimum absolute atomic E-state index is 0.00663. The van der Waals surface area contributed by atoms with E-state index in [9.17, 15) is 9.59 Å². The van der Waals surface area contributed by atoms with E-state index in [1.54, 1.807) is 12.1 Å². The van der Waals surface area contributed by atoms with Crippen molar-refractivity contribution in [3.05, 3.63) is 59.7 Å². The molecule has 1 fully saturated rings. The topological polar surface area (TPSA) is 49.4 Å². The second-order valence-corrected chi connectivity index (χ2v) is 7.52. The lowest BCUT2D eigenvalue weighted by Crippen LogP contribution is -2.36. The molecule has 0 unspecified atom stereocenters. The molecular weight excluding hydrogens is 344 g/mol. The molecule has 0 aromatic heterocycles. The van der Waals surface area contributed by atoms with Crippen LogP contribution in [0.3, 0.4) is 0 Å². The maximum atomic E-state index is 12.8. The maximum Gasteiger partial charge on any atom is 0.255 e. The van der Waals surface area contributed by atoms with Gasteiger partial charge in [-0.15, -0.1) is 11.8 Å². The van der Waals surface area contributed by atoms with Crippen molar-refractivity contribution in [2.24, 2.45) is 0 Å². The highest BCUT2D eigenvalue weighted by Gasteiger charge is 2.21. The highest BCUT2D eigenvalue weighted by Crippen LogP contribution is 2.23. The molecule has 2 amide bonds. The summed E-state index contributed by atoms with van der Waals surface area (Å²) in [4.78, 5) is 28.2. The van der Waals surface area contributed by atoms with Crippen LogP contribution in [0.15, 0.2) is 53.4 Å². The first-order valence-corrected chi connectivity index (χ1v) is 10.0. The number of hydrogen-bond donors (Lipinski definition) is 1. The molecule has 0 saturated carbocycles. The Morgan fingerprint density at radius 1 is 1.00 bits per heavy atom. The van der Waals surface area contributed by atoms with Crippen molar-refractivity contribution in [2.45, 2.75) is 31.1 Å². The maximum absolute atomic E-state index is 12.8. The number of thioether (sulfide) groups is 1. The van der Waals surface area contributed by atoms with E-state index in [0.29, 0.717) is 17.0 Å². The summed E-state index contributed by atoms with van der Waals surface area (Å²) in [6, 6.07) is 15.3. The van der Waals surface area contributed by atoms with Crippen LogP contribution in [-0.4, -0.2) is 35.6 Å². The zero-order valence-electron chi connectivity index (χ0n) is 15.0. The fourth-order valence-corrected chi connectivity index (χ4v) is 3.92. The summed E-state index contributed by atoms with van der Waals surface area (Å²) < 4.78 is 0. The second-order valence-electron chi connectivity index (χ2n) is 6.50.